The molecule has 16 nitrogen and oxygen atoms in total. The Hall–Kier alpha value is -7.59. The predicted molar refractivity (Wildman–Crippen MR) is 260 cm³/mol. The van der Waals surface area contributed by atoms with Crippen molar-refractivity contribution in [2.45, 2.75) is 27.7 Å². The fourth-order valence-corrected chi connectivity index (χ4v) is 7.30. The van der Waals surface area contributed by atoms with E-state index in [0.717, 1.165) is 78.6 Å². The number of nitrogens with zero attached hydrogens (tertiary/aromatic N) is 2. The van der Waals surface area contributed by atoms with Crippen molar-refractivity contribution in [1.82, 2.24) is 4.58 Å². The first-order chi connectivity index (χ1) is 33.2. The van der Waals surface area contributed by atoms with Crippen molar-refractivity contribution in [1.29, 1.82) is 0 Å². The van der Waals surface area contributed by atoms with Gasteiger partial charge in [0.15, 0.2) is 0 Å². The standard InChI is InChI=1S/C53H61N2O14/c1-10-45(56)63-31-52(32-64-46(57)11-2,33-65-47(58)12-3)29-62-30-53(34-66-48(59)13-4,35-67-49(60)14-5)36-68-51(61)40-22-20-19-21-39(40)50-41-25-23-37(54(15-6)16-7)27-43(41)69-44-28-38(24-26-42(44)50)55(17-8)18-9/h10-14,19-28H,1-5,15-18,29-36H2,6-9H3/q+1. The van der Waals surface area contributed by atoms with Crippen LogP contribution < -0.4 is 14.8 Å². The second kappa shape index (κ2) is 26.1. The molecule has 366 valence electrons. The molecule has 69 heavy (non-hydrogen) atoms. The number of carbonyl (C=O) groups excluding carboxylic acids is 6. The highest BCUT2D eigenvalue weighted by Gasteiger charge is 2.41. The molecule has 0 saturated carbocycles. The van der Waals surface area contributed by atoms with Gasteiger partial charge in [0.2, 0.25) is 5.36 Å². The molecule has 2 aromatic rings. The third kappa shape index (κ3) is 14.5. The average Bonchev–Trinajstić information content (AvgIpc) is 3.38. The van der Waals surface area contributed by atoms with E-state index in [4.69, 9.17) is 37.6 Å². The minimum absolute atomic E-state index is 0.170. The van der Waals surface area contributed by atoms with Gasteiger partial charge in [-0.2, -0.15) is 0 Å². The minimum Gasteiger partial charge on any atom is -0.462 e. The van der Waals surface area contributed by atoms with E-state index in [1.165, 1.54) is 0 Å². The van der Waals surface area contributed by atoms with E-state index in [0.29, 0.717) is 22.5 Å². The largest absolute Gasteiger partial charge is 0.462 e. The molecule has 1 aliphatic carbocycles. The van der Waals surface area contributed by atoms with Crippen LogP contribution in [0.2, 0.25) is 0 Å². The maximum Gasteiger partial charge on any atom is 0.338 e. The molecule has 2 aliphatic rings. The molecule has 0 aromatic heterocycles. The first-order valence-electron chi connectivity index (χ1n) is 22.3. The highest BCUT2D eigenvalue weighted by atomic mass is 16.6. The molecule has 2 aromatic carbocycles. The number of esters is 6. The first-order valence-corrected chi connectivity index (χ1v) is 22.3. The van der Waals surface area contributed by atoms with Crippen LogP contribution in [0.25, 0.3) is 33.4 Å². The van der Waals surface area contributed by atoms with Crippen LogP contribution in [0.3, 0.4) is 0 Å². The van der Waals surface area contributed by atoms with Crippen LogP contribution in [0.1, 0.15) is 38.1 Å². The number of fused-ring (bicyclic) bond motifs is 2. The Morgan fingerprint density at radius 1 is 0.565 bits per heavy atom. The lowest BCUT2D eigenvalue weighted by Gasteiger charge is -2.35. The zero-order valence-corrected chi connectivity index (χ0v) is 39.8. The molecule has 0 fully saturated rings. The van der Waals surface area contributed by atoms with Crippen LogP contribution in [-0.2, 0) is 57.1 Å². The number of rotatable bonds is 28. The summed E-state index contributed by atoms with van der Waals surface area (Å²) in [5.74, 6) is -4.45. The third-order valence-electron chi connectivity index (χ3n) is 11.1. The minimum atomic E-state index is -1.65. The van der Waals surface area contributed by atoms with Crippen LogP contribution >= 0.6 is 0 Å². The smallest absolute Gasteiger partial charge is 0.338 e. The SMILES string of the molecule is C=CC(=O)OCC(COCC(COC(=O)C=C)(COC(=O)C=C)COC(=O)c1ccccc1-c1c2ccc(=[N+](CC)CC)cc-2oc2cc(N(CC)CC)ccc12)(COC(=O)C=C)COC(=O)C=C. The number of hydrogen-bond donors (Lipinski definition) is 0. The van der Waals surface area contributed by atoms with Gasteiger partial charge in [0.25, 0.3) is 0 Å². The lowest BCUT2D eigenvalue weighted by atomic mass is 9.89. The molecule has 1 aliphatic heterocycles. The first kappa shape index (κ1) is 54.0. The third-order valence-corrected chi connectivity index (χ3v) is 11.1. The van der Waals surface area contributed by atoms with E-state index >= 15 is 0 Å². The Kier molecular flexibility index (Phi) is 20.4. The van der Waals surface area contributed by atoms with Gasteiger partial charge in [-0.25, -0.2) is 33.3 Å². The number of benzene rings is 3. The Labute approximate surface area is 402 Å². The van der Waals surface area contributed by atoms with Gasteiger partial charge in [-0.15, -0.1) is 0 Å². The average molecular weight is 950 g/mol. The zero-order valence-electron chi connectivity index (χ0n) is 39.8. The summed E-state index contributed by atoms with van der Waals surface area (Å²) in [5, 5.41) is 1.71. The Morgan fingerprint density at radius 2 is 1.03 bits per heavy atom. The fourth-order valence-electron chi connectivity index (χ4n) is 7.30. The lowest BCUT2D eigenvalue weighted by Crippen LogP contribution is -2.47. The van der Waals surface area contributed by atoms with Crippen molar-refractivity contribution in [3.05, 3.63) is 135 Å². The van der Waals surface area contributed by atoms with Crippen LogP contribution in [0.4, 0.5) is 5.69 Å². The zero-order chi connectivity index (χ0) is 50.6. The van der Waals surface area contributed by atoms with Crippen molar-refractivity contribution in [2.75, 3.05) is 83.9 Å². The number of ether oxygens (including phenoxy) is 7. The Balaban J connectivity index is 1.84. The summed E-state index contributed by atoms with van der Waals surface area (Å²) in [5.41, 5.74) is 0.501. The molecule has 0 atom stereocenters. The van der Waals surface area contributed by atoms with Crippen LogP contribution in [0, 0.1) is 10.8 Å². The molecule has 0 spiro atoms. The van der Waals surface area contributed by atoms with Crippen molar-refractivity contribution in [3.63, 3.8) is 0 Å². The Bertz CT molecular complexity index is 2500. The van der Waals surface area contributed by atoms with E-state index in [9.17, 15) is 28.8 Å². The summed E-state index contributed by atoms with van der Waals surface area (Å²) >= 11 is 0. The van der Waals surface area contributed by atoms with Gasteiger partial charge in [0, 0.05) is 77.8 Å². The van der Waals surface area contributed by atoms with E-state index in [1.54, 1.807) is 18.2 Å². The van der Waals surface area contributed by atoms with Gasteiger partial charge in [0.1, 0.15) is 64.1 Å². The molecule has 16 heteroatoms. The van der Waals surface area contributed by atoms with Gasteiger partial charge in [0.05, 0.1) is 35.7 Å². The quantitative estimate of drug-likeness (QED) is 0.0193. The molecule has 0 amide bonds. The summed E-state index contributed by atoms with van der Waals surface area (Å²) in [7, 11) is 0. The lowest BCUT2D eigenvalue weighted by molar-refractivity contribution is -0.167. The van der Waals surface area contributed by atoms with Crippen molar-refractivity contribution in [3.8, 4) is 22.5 Å². The predicted octanol–water partition coefficient (Wildman–Crippen LogP) is 6.66. The van der Waals surface area contributed by atoms with Crippen LogP contribution in [0.5, 0.6) is 0 Å². The van der Waals surface area contributed by atoms with E-state index in [-0.39, 0.29) is 5.56 Å². The monoisotopic (exact) mass is 949 g/mol. The van der Waals surface area contributed by atoms with E-state index in [1.807, 2.05) is 42.5 Å². The van der Waals surface area contributed by atoms with Gasteiger partial charge < -0.3 is 42.5 Å². The topological polar surface area (TPSA) is 186 Å². The molecule has 4 rings (SSSR count). The molecule has 0 N–H and O–H groups in total. The van der Waals surface area contributed by atoms with Gasteiger partial charge in [-0.05, 0) is 57.5 Å². The summed E-state index contributed by atoms with van der Waals surface area (Å²) in [6.07, 6.45) is 4.55. The maximum atomic E-state index is 14.6. The van der Waals surface area contributed by atoms with Crippen molar-refractivity contribution >= 4 is 52.5 Å². The highest BCUT2D eigenvalue weighted by molar-refractivity contribution is 6.08. The fraction of sp³-hybridized carbons (Fsp3) is 0.340. The molecular formula is C53H61N2O14+. The maximum absolute atomic E-state index is 14.6. The second-order valence-corrected chi connectivity index (χ2v) is 15.9. The summed E-state index contributed by atoms with van der Waals surface area (Å²) in [6.45, 7) is 24.3. The summed E-state index contributed by atoms with van der Waals surface area (Å²) in [4.78, 5) is 78.8. The molecule has 0 bridgehead atoms. The summed E-state index contributed by atoms with van der Waals surface area (Å²) < 4.78 is 48.2. The molecule has 0 radical (unpaired) electrons. The molecule has 0 saturated heterocycles. The van der Waals surface area contributed by atoms with Crippen molar-refractivity contribution < 1.29 is 66.3 Å². The van der Waals surface area contributed by atoms with Gasteiger partial charge in [-0.3, -0.25) is 0 Å². The highest BCUT2D eigenvalue weighted by Crippen LogP contribution is 2.42. The number of anilines is 1. The molecule has 0 unspecified atom stereocenters. The molecule has 1 heterocycles. The normalized spacial score (nSPS) is 11.1. The number of carbonyl (C=O) groups is 6. The second-order valence-electron chi connectivity index (χ2n) is 15.9. The summed E-state index contributed by atoms with van der Waals surface area (Å²) in [6, 6.07) is 18.9. The van der Waals surface area contributed by atoms with Crippen LogP contribution in [0.15, 0.2) is 128 Å². The van der Waals surface area contributed by atoms with Gasteiger partial charge in [-0.1, -0.05) is 51.1 Å². The molecular weight excluding hydrogens is 889 g/mol. The van der Waals surface area contributed by atoms with Crippen LogP contribution in [-0.4, -0.2) is 115 Å². The van der Waals surface area contributed by atoms with E-state index < -0.39 is 99.5 Å². The van der Waals surface area contributed by atoms with Crippen molar-refractivity contribution in [2.24, 2.45) is 10.8 Å². The Morgan fingerprint density at radius 3 is 1.48 bits per heavy atom. The number of hydrogen-bond acceptors (Lipinski definition) is 15. The van der Waals surface area contributed by atoms with Gasteiger partial charge >= 0.3 is 35.8 Å². The van der Waals surface area contributed by atoms with E-state index in [2.05, 4.69) is 70.1 Å².